The maximum absolute atomic E-state index is 5.66. The maximum Gasteiger partial charge on any atom is 0.217 e. The highest BCUT2D eigenvalue weighted by molar-refractivity contribution is 5.16. The third-order valence-corrected chi connectivity index (χ3v) is 2.26. The Kier molecular flexibility index (Phi) is 2.63. The van der Waals surface area contributed by atoms with Crippen molar-refractivity contribution >= 4 is 0 Å². The van der Waals surface area contributed by atoms with Crippen molar-refractivity contribution in [1.29, 1.82) is 0 Å². The largest absolute Gasteiger partial charge is 0.472 e. The van der Waals surface area contributed by atoms with Crippen LogP contribution in [0.5, 0.6) is 5.88 Å². The van der Waals surface area contributed by atoms with Crippen molar-refractivity contribution < 1.29 is 4.74 Å². The number of rotatable bonds is 3. The first-order valence-corrected chi connectivity index (χ1v) is 5.00. The van der Waals surface area contributed by atoms with Crippen molar-refractivity contribution in [3.63, 3.8) is 0 Å². The molecule has 0 amide bonds. The van der Waals surface area contributed by atoms with Gasteiger partial charge in [0.2, 0.25) is 5.88 Å². The molecule has 14 heavy (non-hydrogen) atoms. The molecule has 0 radical (unpaired) electrons. The summed E-state index contributed by atoms with van der Waals surface area (Å²) in [7, 11) is 0. The summed E-state index contributed by atoms with van der Waals surface area (Å²) >= 11 is 0. The summed E-state index contributed by atoms with van der Waals surface area (Å²) in [4.78, 5) is 8.54. The molecule has 0 aliphatic carbocycles. The summed E-state index contributed by atoms with van der Waals surface area (Å²) in [6.45, 7) is 5.82. The van der Waals surface area contributed by atoms with Crippen LogP contribution in [0, 0.1) is 6.92 Å². The van der Waals surface area contributed by atoms with Gasteiger partial charge in [-0.1, -0.05) is 6.92 Å². The highest BCUT2D eigenvalue weighted by atomic mass is 16.5. The van der Waals surface area contributed by atoms with Crippen molar-refractivity contribution in [2.75, 3.05) is 13.1 Å². The molecule has 4 nitrogen and oxygen atoms in total. The lowest BCUT2D eigenvalue weighted by Crippen LogP contribution is -2.50. The smallest absolute Gasteiger partial charge is 0.217 e. The minimum Gasteiger partial charge on any atom is -0.472 e. The topological polar surface area (TPSA) is 47.0 Å². The summed E-state index contributed by atoms with van der Waals surface area (Å²) in [5.74, 6) is 1.49. The molecule has 0 saturated carbocycles. The van der Waals surface area contributed by atoms with Crippen LogP contribution in [-0.4, -0.2) is 29.2 Å². The molecule has 4 heteroatoms. The summed E-state index contributed by atoms with van der Waals surface area (Å²) in [6, 6.07) is 1.92. The van der Waals surface area contributed by atoms with Crippen molar-refractivity contribution in [2.24, 2.45) is 0 Å². The number of aryl methyl sites for hydroxylation is 2. The van der Waals surface area contributed by atoms with Crippen LogP contribution in [0.1, 0.15) is 18.4 Å². The molecule has 1 aliphatic rings. The first kappa shape index (κ1) is 9.40. The predicted molar refractivity (Wildman–Crippen MR) is 53.4 cm³/mol. The van der Waals surface area contributed by atoms with Gasteiger partial charge in [0.05, 0.1) is 0 Å². The van der Waals surface area contributed by atoms with E-state index in [-0.39, 0.29) is 6.10 Å². The van der Waals surface area contributed by atoms with E-state index in [1.54, 1.807) is 0 Å². The third-order valence-electron chi connectivity index (χ3n) is 2.26. The van der Waals surface area contributed by atoms with E-state index >= 15 is 0 Å². The van der Waals surface area contributed by atoms with Crippen LogP contribution in [0.15, 0.2) is 6.07 Å². The predicted octanol–water partition coefficient (Wildman–Crippen LogP) is 0.698. The molecule has 2 heterocycles. The number of aromatic nitrogens is 2. The highest BCUT2D eigenvalue weighted by Gasteiger charge is 2.19. The van der Waals surface area contributed by atoms with Gasteiger partial charge in [0, 0.05) is 24.8 Å². The van der Waals surface area contributed by atoms with Crippen molar-refractivity contribution in [1.82, 2.24) is 15.3 Å². The SMILES string of the molecule is CCc1cc(OC2CNC2)nc(C)n1. The van der Waals surface area contributed by atoms with E-state index in [9.17, 15) is 0 Å². The average molecular weight is 193 g/mol. The van der Waals surface area contributed by atoms with Crippen LogP contribution in [0.4, 0.5) is 0 Å². The molecule has 1 aromatic rings. The Bertz CT molecular complexity index is 323. The van der Waals surface area contributed by atoms with Gasteiger partial charge in [0.1, 0.15) is 11.9 Å². The second-order valence-electron chi connectivity index (χ2n) is 3.50. The van der Waals surface area contributed by atoms with Gasteiger partial charge < -0.3 is 10.1 Å². The first-order valence-electron chi connectivity index (χ1n) is 5.00. The Hall–Kier alpha value is -1.16. The van der Waals surface area contributed by atoms with Gasteiger partial charge in [-0.25, -0.2) is 4.98 Å². The zero-order valence-electron chi connectivity index (χ0n) is 8.58. The number of ether oxygens (including phenoxy) is 1. The molecule has 0 bridgehead atoms. The van der Waals surface area contributed by atoms with Crippen molar-refractivity contribution in [3.05, 3.63) is 17.6 Å². The summed E-state index contributed by atoms with van der Waals surface area (Å²) in [6.07, 6.45) is 1.21. The number of nitrogens with zero attached hydrogens (tertiary/aromatic N) is 2. The number of hydrogen-bond acceptors (Lipinski definition) is 4. The fourth-order valence-corrected chi connectivity index (χ4v) is 1.36. The molecule has 1 aromatic heterocycles. The fourth-order valence-electron chi connectivity index (χ4n) is 1.36. The summed E-state index contributed by atoms with van der Waals surface area (Å²) in [5.41, 5.74) is 1.04. The van der Waals surface area contributed by atoms with Crippen LogP contribution >= 0.6 is 0 Å². The van der Waals surface area contributed by atoms with Gasteiger partial charge in [-0.3, -0.25) is 0 Å². The van der Waals surface area contributed by atoms with Gasteiger partial charge in [0.25, 0.3) is 0 Å². The Morgan fingerprint density at radius 3 is 2.86 bits per heavy atom. The lowest BCUT2D eigenvalue weighted by molar-refractivity contribution is 0.135. The molecule has 1 saturated heterocycles. The highest BCUT2D eigenvalue weighted by Crippen LogP contribution is 2.12. The Morgan fingerprint density at radius 2 is 2.29 bits per heavy atom. The van der Waals surface area contributed by atoms with E-state index in [4.69, 9.17) is 4.74 Å². The molecule has 0 atom stereocenters. The Balaban J connectivity index is 2.11. The van der Waals surface area contributed by atoms with Gasteiger partial charge in [-0.2, -0.15) is 4.98 Å². The van der Waals surface area contributed by atoms with Crippen LogP contribution in [-0.2, 0) is 6.42 Å². The van der Waals surface area contributed by atoms with Crippen LogP contribution in [0.3, 0.4) is 0 Å². The molecule has 0 unspecified atom stereocenters. The van der Waals surface area contributed by atoms with E-state index in [1.807, 2.05) is 13.0 Å². The van der Waals surface area contributed by atoms with E-state index < -0.39 is 0 Å². The van der Waals surface area contributed by atoms with E-state index in [0.29, 0.717) is 5.88 Å². The average Bonchev–Trinajstić information content (AvgIpc) is 2.10. The van der Waals surface area contributed by atoms with E-state index in [2.05, 4.69) is 22.2 Å². The molecule has 76 valence electrons. The van der Waals surface area contributed by atoms with Gasteiger partial charge in [-0.15, -0.1) is 0 Å². The molecule has 0 spiro atoms. The van der Waals surface area contributed by atoms with Gasteiger partial charge in [-0.05, 0) is 13.3 Å². The molecule has 1 fully saturated rings. The van der Waals surface area contributed by atoms with E-state index in [0.717, 1.165) is 31.0 Å². The standard InChI is InChI=1S/C10H15N3O/c1-3-8-4-10(13-7(2)12-8)14-9-5-11-6-9/h4,9,11H,3,5-6H2,1-2H3. The van der Waals surface area contributed by atoms with Gasteiger partial charge >= 0.3 is 0 Å². The van der Waals surface area contributed by atoms with Crippen LogP contribution < -0.4 is 10.1 Å². The lowest BCUT2D eigenvalue weighted by Gasteiger charge is -2.27. The molecular weight excluding hydrogens is 178 g/mol. The zero-order valence-corrected chi connectivity index (χ0v) is 8.58. The maximum atomic E-state index is 5.66. The Morgan fingerprint density at radius 1 is 1.50 bits per heavy atom. The van der Waals surface area contributed by atoms with Crippen molar-refractivity contribution in [2.45, 2.75) is 26.4 Å². The zero-order chi connectivity index (χ0) is 9.97. The summed E-state index contributed by atoms with van der Waals surface area (Å²) in [5, 5.41) is 3.16. The molecule has 1 N–H and O–H groups in total. The number of nitrogens with one attached hydrogen (secondary N) is 1. The first-order chi connectivity index (χ1) is 6.78. The normalized spacial score (nSPS) is 16.4. The molecule has 2 rings (SSSR count). The monoisotopic (exact) mass is 193 g/mol. The van der Waals surface area contributed by atoms with Crippen molar-refractivity contribution in [3.8, 4) is 5.88 Å². The lowest BCUT2D eigenvalue weighted by atomic mass is 10.2. The molecular formula is C10H15N3O. The van der Waals surface area contributed by atoms with E-state index in [1.165, 1.54) is 0 Å². The number of hydrogen-bond donors (Lipinski definition) is 1. The third kappa shape index (κ3) is 2.01. The summed E-state index contributed by atoms with van der Waals surface area (Å²) < 4.78 is 5.66. The van der Waals surface area contributed by atoms with Crippen LogP contribution in [0.2, 0.25) is 0 Å². The fraction of sp³-hybridized carbons (Fsp3) is 0.600. The second kappa shape index (κ2) is 3.92. The van der Waals surface area contributed by atoms with Gasteiger partial charge in [0.15, 0.2) is 0 Å². The Labute approximate surface area is 83.7 Å². The second-order valence-corrected chi connectivity index (χ2v) is 3.50. The minimum absolute atomic E-state index is 0.286. The minimum atomic E-state index is 0.286. The molecule has 0 aromatic carbocycles. The molecule has 1 aliphatic heterocycles. The van der Waals surface area contributed by atoms with Crippen LogP contribution in [0.25, 0.3) is 0 Å². The quantitative estimate of drug-likeness (QED) is 0.767.